The molecule has 0 N–H and O–H groups in total. The topological polar surface area (TPSA) is 32.8 Å². The van der Waals surface area contributed by atoms with Crippen LogP contribution in [0.25, 0.3) is 0 Å². The number of thiophene rings is 1. The number of hydrogen-bond acceptors (Lipinski definition) is 4. The summed E-state index contributed by atoms with van der Waals surface area (Å²) in [7, 11) is 4.09. The first-order chi connectivity index (χ1) is 9.59. The largest absolute Gasteiger partial charge is 0.381 e. The maximum Gasteiger partial charge on any atom is 0.264 e. The number of ether oxygens (including phenoxy) is 1. The van der Waals surface area contributed by atoms with Gasteiger partial charge in [0, 0.05) is 32.3 Å². The summed E-state index contributed by atoms with van der Waals surface area (Å²) < 4.78 is 5.42. The van der Waals surface area contributed by atoms with Crippen LogP contribution in [0.3, 0.4) is 0 Å². The summed E-state index contributed by atoms with van der Waals surface area (Å²) in [5.74, 6) is 0.186. The Hall–Kier alpha value is -0.910. The van der Waals surface area contributed by atoms with Crippen molar-refractivity contribution in [1.29, 1.82) is 0 Å². The minimum atomic E-state index is 0.186. The molecule has 0 saturated carbocycles. The lowest BCUT2D eigenvalue weighted by Gasteiger charge is -2.35. The number of carbonyl (C=O) groups excluding carboxylic acids is 1. The van der Waals surface area contributed by atoms with Crippen LogP contribution in [0.5, 0.6) is 0 Å². The summed E-state index contributed by atoms with van der Waals surface area (Å²) in [6.45, 7) is 5.22. The maximum absolute atomic E-state index is 12.8. The Morgan fingerprint density at radius 1 is 1.35 bits per heavy atom. The van der Waals surface area contributed by atoms with E-state index in [9.17, 15) is 4.79 Å². The van der Waals surface area contributed by atoms with Gasteiger partial charge in [0.2, 0.25) is 0 Å². The van der Waals surface area contributed by atoms with Crippen LogP contribution in [0.2, 0.25) is 0 Å². The molecule has 0 spiro atoms. The van der Waals surface area contributed by atoms with Crippen molar-refractivity contribution in [1.82, 2.24) is 9.80 Å². The molecule has 1 aromatic rings. The van der Waals surface area contributed by atoms with Crippen molar-refractivity contribution in [2.75, 3.05) is 40.4 Å². The Bertz CT molecular complexity index is 439. The lowest BCUT2D eigenvalue weighted by molar-refractivity contribution is 0.0278. The van der Waals surface area contributed by atoms with Crippen LogP contribution < -0.4 is 0 Å². The summed E-state index contributed by atoms with van der Waals surface area (Å²) in [4.78, 5) is 17.9. The lowest BCUT2D eigenvalue weighted by atomic mass is 10.1. The monoisotopic (exact) mass is 296 g/mol. The smallest absolute Gasteiger partial charge is 0.264 e. The molecule has 1 fully saturated rings. The fourth-order valence-electron chi connectivity index (χ4n) is 2.48. The molecule has 2 rings (SSSR count). The molecule has 20 heavy (non-hydrogen) atoms. The van der Waals surface area contributed by atoms with Crippen LogP contribution in [0.15, 0.2) is 11.4 Å². The Morgan fingerprint density at radius 2 is 2.05 bits per heavy atom. The van der Waals surface area contributed by atoms with E-state index in [4.69, 9.17) is 4.74 Å². The predicted octanol–water partition coefficient (Wildman–Crippen LogP) is 2.24. The van der Waals surface area contributed by atoms with E-state index in [1.807, 2.05) is 32.5 Å². The van der Waals surface area contributed by atoms with Gasteiger partial charge in [-0.3, -0.25) is 4.79 Å². The number of nitrogens with zero attached hydrogens (tertiary/aromatic N) is 2. The van der Waals surface area contributed by atoms with Crippen LogP contribution in [-0.4, -0.2) is 62.1 Å². The van der Waals surface area contributed by atoms with Gasteiger partial charge in [-0.2, -0.15) is 0 Å². The second-order valence-corrected chi connectivity index (χ2v) is 6.49. The zero-order valence-electron chi connectivity index (χ0n) is 12.6. The van der Waals surface area contributed by atoms with Crippen molar-refractivity contribution in [3.63, 3.8) is 0 Å². The van der Waals surface area contributed by atoms with Gasteiger partial charge in [0.1, 0.15) is 0 Å². The molecule has 0 bridgehead atoms. The summed E-state index contributed by atoms with van der Waals surface area (Å²) in [5, 5.41) is 2.00. The summed E-state index contributed by atoms with van der Waals surface area (Å²) >= 11 is 1.55. The van der Waals surface area contributed by atoms with E-state index in [0.29, 0.717) is 6.04 Å². The molecular weight excluding hydrogens is 272 g/mol. The zero-order chi connectivity index (χ0) is 14.5. The maximum atomic E-state index is 12.8. The quantitative estimate of drug-likeness (QED) is 0.835. The molecule has 1 aromatic heterocycles. The van der Waals surface area contributed by atoms with Crippen LogP contribution in [0, 0.1) is 6.92 Å². The summed E-state index contributed by atoms with van der Waals surface area (Å²) in [6, 6.07) is 2.34. The molecule has 1 saturated heterocycles. The molecule has 1 amide bonds. The van der Waals surface area contributed by atoms with Crippen molar-refractivity contribution >= 4 is 17.2 Å². The Kier molecular flexibility index (Phi) is 5.57. The standard InChI is InChI=1S/C15H24N2O2S/c1-12-6-11-20-14(12)15(18)17(8-7-16(2)3)13-4-9-19-10-5-13/h6,11,13H,4-5,7-10H2,1-3H3. The molecule has 1 aliphatic rings. The molecule has 5 heteroatoms. The first-order valence-electron chi connectivity index (χ1n) is 7.17. The second kappa shape index (κ2) is 7.20. The number of likely N-dealkylation sites (N-methyl/N-ethyl adjacent to an activating group) is 1. The number of amides is 1. The molecule has 0 unspecified atom stereocenters. The Labute approximate surface area is 125 Å². The molecule has 1 aliphatic heterocycles. The number of carbonyl (C=O) groups is 1. The lowest BCUT2D eigenvalue weighted by Crippen LogP contribution is -2.46. The van der Waals surface area contributed by atoms with Crippen LogP contribution >= 0.6 is 11.3 Å². The summed E-state index contributed by atoms with van der Waals surface area (Å²) in [5.41, 5.74) is 1.09. The van der Waals surface area contributed by atoms with Crippen molar-refractivity contribution < 1.29 is 9.53 Å². The molecule has 112 valence electrons. The molecule has 0 aromatic carbocycles. The first kappa shape index (κ1) is 15.5. The SMILES string of the molecule is Cc1ccsc1C(=O)N(CCN(C)C)C1CCOCC1. The van der Waals surface area contributed by atoms with Gasteiger partial charge >= 0.3 is 0 Å². The highest BCUT2D eigenvalue weighted by Gasteiger charge is 2.27. The van der Waals surface area contributed by atoms with Gasteiger partial charge in [0.25, 0.3) is 5.91 Å². The van der Waals surface area contributed by atoms with E-state index in [0.717, 1.165) is 49.6 Å². The highest BCUT2D eigenvalue weighted by atomic mass is 32.1. The van der Waals surface area contributed by atoms with Crippen LogP contribution in [0.1, 0.15) is 28.1 Å². The molecule has 4 nitrogen and oxygen atoms in total. The average Bonchev–Trinajstić information content (AvgIpc) is 2.86. The first-order valence-corrected chi connectivity index (χ1v) is 8.05. The highest BCUT2D eigenvalue weighted by Crippen LogP contribution is 2.22. The Morgan fingerprint density at radius 3 is 2.60 bits per heavy atom. The molecule has 0 radical (unpaired) electrons. The van der Waals surface area contributed by atoms with E-state index in [2.05, 4.69) is 9.80 Å². The van der Waals surface area contributed by atoms with E-state index in [-0.39, 0.29) is 5.91 Å². The highest BCUT2D eigenvalue weighted by molar-refractivity contribution is 7.12. The van der Waals surface area contributed by atoms with Gasteiger partial charge in [0.15, 0.2) is 0 Å². The van der Waals surface area contributed by atoms with Crippen molar-refractivity contribution in [3.8, 4) is 0 Å². The van der Waals surface area contributed by atoms with Gasteiger partial charge in [0.05, 0.1) is 4.88 Å². The summed E-state index contributed by atoms with van der Waals surface area (Å²) in [6.07, 6.45) is 1.90. The van der Waals surface area contributed by atoms with E-state index in [1.54, 1.807) is 11.3 Å². The van der Waals surface area contributed by atoms with Crippen molar-refractivity contribution in [3.05, 3.63) is 21.9 Å². The third-order valence-corrected chi connectivity index (χ3v) is 4.74. The van der Waals surface area contributed by atoms with Crippen molar-refractivity contribution in [2.45, 2.75) is 25.8 Å². The minimum Gasteiger partial charge on any atom is -0.381 e. The van der Waals surface area contributed by atoms with Gasteiger partial charge in [-0.15, -0.1) is 11.3 Å². The third-order valence-electron chi connectivity index (χ3n) is 3.74. The molecular formula is C15H24N2O2S. The molecule has 0 aliphatic carbocycles. The van der Waals surface area contributed by atoms with Crippen LogP contribution in [-0.2, 0) is 4.74 Å². The third kappa shape index (κ3) is 3.81. The predicted molar refractivity (Wildman–Crippen MR) is 82.5 cm³/mol. The van der Waals surface area contributed by atoms with E-state index < -0.39 is 0 Å². The minimum absolute atomic E-state index is 0.186. The fraction of sp³-hybridized carbons (Fsp3) is 0.667. The van der Waals surface area contributed by atoms with Gasteiger partial charge in [-0.25, -0.2) is 0 Å². The zero-order valence-corrected chi connectivity index (χ0v) is 13.4. The van der Waals surface area contributed by atoms with E-state index >= 15 is 0 Å². The van der Waals surface area contributed by atoms with E-state index in [1.165, 1.54) is 0 Å². The average molecular weight is 296 g/mol. The second-order valence-electron chi connectivity index (χ2n) is 5.58. The molecule has 0 atom stereocenters. The number of hydrogen-bond donors (Lipinski definition) is 0. The number of rotatable bonds is 5. The normalized spacial score (nSPS) is 16.6. The molecule has 2 heterocycles. The van der Waals surface area contributed by atoms with Gasteiger partial charge in [-0.1, -0.05) is 0 Å². The van der Waals surface area contributed by atoms with Gasteiger partial charge in [-0.05, 0) is 50.9 Å². The number of aryl methyl sites for hydroxylation is 1. The van der Waals surface area contributed by atoms with Gasteiger partial charge < -0.3 is 14.5 Å². The Balaban J connectivity index is 2.12. The van der Waals surface area contributed by atoms with Crippen molar-refractivity contribution in [2.24, 2.45) is 0 Å². The fourth-order valence-corrected chi connectivity index (χ4v) is 3.36. The van der Waals surface area contributed by atoms with Crippen LogP contribution in [0.4, 0.5) is 0 Å².